The van der Waals surface area contributed by atoms with Gasteiger partial charge >= 0.3 is 0 Å². The lowest BCUT2D eigenvalue weighted by molar-refractivity contribution is 0.516. The second kappa shape index (κ2) is 3.70. The van der Waals surface area contributed by atoms with E-state index in [1.165, 1.54) is 0 Å². The molecule has 0 aliphatic heterocycles. The van der Waals surface area contributed by atoms with Crippen molar-refractivity contribution in [1.29, 1.82) is 0 Å². The zero-order chi connectivity index (χ0) is 8.27. The number of allylic oxidation sites excluding steroid dienone is 1. The number of terminal acetylenes is 1. The minimum Gasteiger partial charge on any atom is -0.772 e. The first-order valence-corrected chi connectivity index (χ1v) is 4.60. The predicted octanol–water partition coefficient (Wildman–Crippen LogP) is 0.834. The maximum absolute atomic E-state index is 10.4. The molecule has 3 atom stereocenters. The van der Waals surface area contributed by atoms with E-state index in [4.69, 9.17) is 6.42 Å². The number of hydrogen-bond acceptors (Lipinski definition) is 2. The molecular formula is C8H9O2S-. The maximum atomic E-state index is 10.4. The summed E-state index contributed by atoms with van der Waals surface area (Å²) in [4.78, 5) is 0. The predicted molar refractivity (Wildman–Crippen MR) is 43.4 cm³/mol. The van der Waals surface area contributed by atoms with Crippen molar-refractivity contribution < 1.29 is 8.76 Å². The van der Waals surface area contributed by atoms with Gasteiger partial charge in [-0.05, 0) is 23.9 Å². The van der Waals surface area contributed by atoms with Crippen LogP contribution in [0.1, 0.15) is 12.8 Å². The summed E-state index contributed by atoms with van der Waals surface area (Å²) in [5.41, 5.74) is 0. The Morgan fingerprint density at radius 3 is 2.64 bits per heavy atom. The van der Waals surface area contributed by atoms with Gasteiger partial charge < -0.3 is 4.55 Å². The molecule has 11 heavy (non-hydrogen) atoms. The van der Waals surface area contributed by atoms with Crippen molar-refractivity contribution in [3.8, 4) is 12.3 Å². The fraction of sp³-hybridized carbons (Fsp3) is 0.500. The molecule has 0 N–H and O–H groups in total. The lowest BCUT2D eigenvalue weighted by Gasteiger charge is -2.21. The zero-order valence-corrected chi connectivity index (χ0v) is 6.84. The molecule has 0 saturated heterocycles. The molecule has 3 heteroatoms. The van der Waals surface area contributed by atoms with E-state index in [0.29, 0.717) is 6.42 Å². The summed E-state index contributed by atoms with van der Waals surface area (Å²) in [5.74, 6) is 2.71. The Bertz CT molecular complexity index is 227. The third-order valence-corrected chi connectivity index (χ3v) is 2.67. The SMILES string of the molecule is C#C[C@@H]1C=CC(S(=O)[O-])CC1. The van der Waals surface area contributed by atoms with Gasteiger partial charge in [0, 0.05) is 11.2 Å². The topological polar surface area (TPSA) is 40.1 Å². The van der Waals surface area contributed by atoms with Crippen LogP contribution in [-0.4, -0.2) is 14.0 Å². The van der Waals surface area contributed by atoms with E-state index >= 15 is 0 Å². The van der Waals surface area contributed by atoms with Crippen LogP contribution in [0.4, 0.5) is 0 Å². The van der Waals surface area contributed by atoms with Gasteiger partial charge in [-0.2, -0.15) is 0 Å². The first kappa shape index (κ1) is 8.51. The van der Waals surface area contributed by atoms with E-state index in [9.17, 15) is 8.76 Å². The first-order valence-electron chi connectivity index (χ1n) is 3.46. The summed E-state index contributed by atoms with van der Waals surface area (Å²) >= 11 is -1.97. The highest BCUT2D eigenvalue weighted by Crippen LogP contribution is 2.19. The van der Waals surface area contributed by atoms with Crippen LogP contribution in [0.15, 0.2) is 12.2 Å². The Morgan fingerprint density at radius 2 is 2.27 bits per heavy atom. The van der Waals surface area contributed by atoms with Crippen LogP contribution in [0.2, 0.25) is 0 Å². The van der Waals surface area contributed by atoms with Gasteiger partial charge in [-0.15, -0.1) is 6.42 Å². The molecule has 0 fully saturated rings. The van der Waals surface area contributed by atoms with E-state index in [1.807, 2.05) is 0 Å². The van der Waals surface area contributed by atoms with Crippen molar-refractivity contribution >= 4 is 11.1 Å². The van der Waals surface area contributed by atoms with E-state index in [0.717, 1.165) is 6.42 Å². The first-order chi connectivity index (χ1) is 5.24. The van der Waals surface area contributed by atoms with Gasteiger partial charge in [-0.25, -0.2) is 0 Å². The van der Waals surface area contributed by atoms with Crippen LogP contribution < -0.4 is 0 Å². The maximum Gasteiger partial charge on any atom is 0.0396 e. The van der Waals surface area contributed by atoms with Gasteiger partial charge in [0.2, 0.25) is 0 Å². The molecule has 2 nitrogen and oxygen atoms in total. The monoisotopic (exact) mass is 169 g/mol. The third kappa shape index (κ3) is 2.18. The normalized spacial score (nSPS) is 32.7. The molecule has 0 aromatic rings. The van der Waals surface area contributed by atoms with Crippen LogP contribution in [0.5, 0.6) is 0 Å². The second-order valence-corrected chi connectivity index (χ2v) is 3.66. The largest absolute Gasteiger partial charge is 0.772 e. The summed E-state index contributed by atoms with van der Waals surface area (Å²) in [7, 11) is 0. The molecule has 0 bridgehead atoms. The molecule has 2 unspecified atom stereocenters. The van der Waals surface area contributed by atoms with Crippen LogP contribution in [0.25, 0.3) is 0 Å². The van der Waals surface area contributed by atoms with Crippen molar-refractivity contribution in [2.45, 2.75) is 18.1 Å². The minimum atomic E-state index is -1.97. The summed E-state index contributed by atoms with van der Waals surface area (Å²) in [6, 6.07) is 0. The molecule has 0 spiro atoms. The summed E-state index contributed by atoms with van der Waals surface area (Å²) in [6.45, 7) is 0. The molecule has 0 aromatic heterocycles. The molecule has 1 aliphatic rings. The molecule has 60 valence electrons. The smallest absolute Gasteiger partial charge is 0.0396 e. The molecule has 0 aromatic carbocycles. The summed E-state index contributed by atoms with van der Waals surface area (Å²) < 4.78 is 20.9. The van der Waals surface area contributed by atoms with Crippen LogP contribution in [0.3, 0.4) is 0 Å². The average molecular weight is 169 g/mol. The average Bonchev–Trinajstić information content (AvgIpc) is 2.05. The van der Waals surface area contributed by atoms with Crippen molar-refractivity contribution in [1.82, 2.24) is 0 Å². The highest BCUT2D eigenvalue weighted by molar-refractivity contribution is 7.80. The van der Waals surface area contributed by atoms with Gasteiger partial charge in [-0.1, -0.05) is 18.1 Å². The quantitative estimate of drug-likeness (QED) is 0.331. The Balaban J connectivity index is 2.57. The van der Waals surface area contributed by atoms with E-state index in [-0.39, 0.29) is 11.2 Å². The zero-order valence-electron chi connectivity index (χ0n) is 6.03. The highest BCUT2D eigenvalue weighted by atomic mass is 32.2. The Labute approximate surface area is 69.0 Å². The molecule has 0 radical (unpaired) electrons. The Hall–Kier alpha value is -0.590. The van der Waals surface area contributed by atoms with Gasteiger partial charge in [0.05, 0.1) is 0 Å². The van der Waals surface area contributed by atoms with Gasteiger partial charge in [0.1, 0.15) is 0 Å². The molecule has 1 rings (SSSR count). The van der Waals surface area contributed by atoms with Crippen LogP contribution in [-0.2, 0) is 11.1 Å². The molecule has 0 heterocycles. The van der Waals surface area contributed by atoms with Crippen molar-refractivity contribution in [2.24, 2.45) is 5.92 Å². The van der Waals surface area contributed by atoms with Crippen LogP contribution >= 0.6 is 0 Å². The summed E-state index contributed by atoms with van der Waals surface area (Å²) in [5, 5.41) is -0.320. The third-order valence-electron chi connectivity index (χ3n) is 1.78. The van der Waals surface area contributed by atoms with Gasteiger partial charge in [0.25, 0.3) is 0 Å². The highest BCUT2D eigenvalue weighted by Gasteiger charge is 2.13. The molecule has 1 aliphatic carbocycles. The van der Waals surface area contributed by atoms with Crippen molar-refractivity contribution in [3.63, 3.8) is 0 Å². The Morgan fingerprint density at radius 1 is 1.55 bits per heavy atom. The Kier molecular flexibility index (Phi) is 2.86. The number of hydrogen-bond donors (Lipinski definition) is 0. The fourth-order valence-electron chi connectivity index (χ4n) is 1.09. The van der Waals surface area contributed by atoms with E-state index in [2.05, 4.69) is 5.92 Å². The lowest BCUT2D eigenvalue weighted by atomic mass is 9.97. The minimum absolute atomic E-state index is 0.134. The molecule has 0 saturated carbocycles. The second-order valence-electron chi connectivity index (χ2n) is 2.53. The van der Waals surface area contributed by atoms with E-state index < -0.39 is 11.1 Å². The van der Waals surface area contributed by atoms with Crippen LogP contribution in [0, 0.1) is 18.3 Å². The number of rotatable bonds is 1. The van der Waals surface area contributed by atoms with Crippen molar-refractivity contribution in [2.75, 3.05) is 0 Å². The molecular weight excluding hydrogens is 160 g/mol. The van der Waals surface area contributed by atoms with E-state index in [1.54, 1.807) is 12.2 Å². The fourth-order valence-corrected chi connectivity index (χ4v) is 1.64. The lowest BCUT2D eigenvalue weighted by Crippen LogP contribution is -2.17. The van der Waals surface area contributed by atoms with Crippen molar-refractivity contribution in [3.05, 3.63) is 12.2 Å². The molecule has 0 amide bonds. The van der Waals surface area contributed by atoms with Gasteiger partial charge in [-0.3, -0.25) is 4.21 Å². The summed E-state index contributed by atoms with van der Waals surface area (Å²) in [6.07, 6.45) is 10.1. The standard InChI is InChI=1S/C8H10O2S/c1-2-7-3-5-8(6-4-7)11(9)10/h1,3,5,7-8H,4,6H2,(H,9,10)/p-1/t7-,8?/m1/s1. The van der Waals surface area contributed by atoms with Gasteiger partial charge in [0.15, 0.2) is 0 Å².